The third-order valence-corrected chi connectivity index (χ3v) is 3.90. The Morgan fingerprint density at radius 2 is 2.05 bits per heavy atom. The molecular formula is C14H21N3O3S. The molecule has 0 bridgehead atoms. The van der Waals surface area contributed by atoms with Gasteiger partial charge in [0.2, 0.25) is 5.91 Å². The Hall–Kier alpha value is -1.76. The SMILES string of the molecule is CCCCCCCCC(=O)NN=Cc1ccc([N+](=O)[O-])s1. The van der Waals surface area contributed by atoms with Gasteiger partial charge in [-0.25, -0.2) is 5.43 Å². The zero-order valence-electron chi connectivity index (χ0n) is 12.2. The molecular weight excluding hydrogens is 290 g/mol. The molecule has 1 rings (SSSR count). The molecule has 0 atom stereocenters. The minimum absolute atomic E-state index is 0.0647. The average molecular weight is 311 g/mol. The topological polar surface area (TPSA) is 84.6 Å². The van der Waals surface area contributed by atoms with E-state index >= 15 is 0 Å². The fourth-order valence-electron chi connectivity index (χ4n) is 1.80. The molecule has 0 saturated carbocycles. The number of hydrazone groups is 1. The molecule has 0 unspecified atom stereocenters. The van der Waals surface area contributed by atoms with E-state index in [0.29, 0.717) is 11.3 Å². The maximum atomic E-state index is 11.5. The van der Waals surface area contributed by atoms with Crippen LogP contribution in [0, 0.1) is 10.1 Å². The van der Waals surface area contributed by atoms with Crippen molar-refractivity contribution in [1.29, 1.82) is 0 Å². The van der Waals surface area contributed by atoms with Crippen LogP contribution in [-0.2, 0) is 4.79 Å². The van der Waals surface area contributed by atoms with Crippen molar-refractivity contribution >= 4 is 28.5 Å². The Balaban J connectivity index is 2.17. The minimum Gasteiger partial charge on any atom is -0.273 e. The first-order chi connectivity index (χ1) is 10.1. The predicted octanol–water partition coefficient (Wildman–Crippen LogP) is 3.86. The summed E-state index contributed by atoms with van der Waals surface area (Å²) in [7, 11) is 0. The van der Waals surface area contributed by atoms with E-state index in [2.05, 4.69) is 17.5 Å². The van der Waals surface area contributed by atoms with E-state index in [0.717, 1.165) is 24.2 Å². The molecule has 0 saturated heterocycles. The molecule has 1 heterocycles. The summed E-state index contributed by atoms with van der Waals surface area (Å²) in [6.45, 7) is 2.17. The van der Waals surface area contributed by atoms with Gasteiger partial charge in [0, 0.05) is 12.5 Å². The average Bonchev–Trinajstić information content (AvgIpc) is 2.92. The predicted molar refractivity (Wildman–Crippen MR) is 84.7 cm³/mol. The Kier molecular flexibility index (Phi) is 8.27. The standard InChI is InChI=1S/C14H21N3O3S/c1-2-3-4-5-6-7-8-13(18)16-15-11-12-9-10-14(21-12)17(19)20/h9-11H,2-8H2,1H3,(H,16,18). The number of unbranched alkanes of at least 4 members (excludes halogenated alkanes) is 5. The van der Waals surface area contributed by atoms with Crippen molar-refractivity contribution < 1.29 is 9.72 Å². The van der Waals surface area contributed by atoms with E-state index < -0.39 is 4.92 Å². The van der Waals surface area contributed by atoms with Crippen molar-refractivity contribution in [3.05, 3.63) is 27.1 Å². The highest BCUT2D eigenvalue weighted by atomic mass is 32.1. The van der Waals surface area contributed by atoms with E-state index in [-0.39, 0.29) is 10.9 Å². The molecule has 1 aromatic heterocycles. The highest BCUT2D eigenvalue weighted by Crippen LogP contribution is 2.22. The van der Waals surface area contributed by atoms with E-state index in [1.54, 1.807) is 6.07 Å². The van der Waals surface area contributed by atoms with Crippen molar-refractivity contribution in [3.63, 3.8) is 0 Å². The van der Waals surface area contributed by atoms with E-state index in [1.165, 1.54) is 38.0 Å². The van der Waals surface area contributed by atoms with Crippen LogP contribution in [0.5, 0.6) is 0 Å². The summed E-state index contributed by atoms with van der Waals surface area (Å²) in [5.74, 6) is -0.118. The monoisotopic (exact) mass is 311 g/mol. The fraction of sp³-hybridized carbons (Fsp3) is 0.571. The van der Waals surface area contributed by atoms with Crippen LogP contribution in [0.15, 0.2) is 17.2 Å². The third-order valence-electron chi connectivity index (χ3n) is 2.93. The van der Waals surface area contributed by atoms with Crippen molar-refractivity contribution in [1.82, 2.24) is 5.43 Å². The Labute approximate surface area is 128 Å². The lowest BCUT2D eigenvalue weighted by Crippen LogP contribution is -2.16. The first-order valence-corrected chi connectivity index (χ1v) is 8.01. The number of hydrogen-bond acceptors (Lipinski definition) is 5. The smallest absolute Gasteiger partial charge is 0.273 e. The van der Waals surface area contributed by atoms with Crippen molar-refractivity contribution in [3.8, 4) is 0 Å². The summed E-state index contributed by atoms with van der Waals surface area (Å²) in [5.41, 5.74) is 2.44. The molecule has 21 heavy (non-hydrogen) atoms. The number of nitrogens with zero attached hydrogens (tertiary/aromatic N) is 2. The van der Waals surface area contributed by atoms with Gasteiger partial charge < -0.3 is 0 Å². The van der Waals surface area contributed by atoms with Gasteiger partial charge in [-0.1, -0.05) is 50.4 Å². The number of hydrogen-bond donors (Lipinski definition) is 1. The molecule has 1 aromatic rings. The summed E-state index contributed by atoms with van der Waals surface area (Å²) in [6.07, 6.45) is 8.70. The summed E-state index contributed by atoms with van der Waals surface area (Å²) in [5, 5.41) is 14.4. The number of thiophene rings is 1. The number of carbonyl (C=O) groups is 1. The summed E-state index contributed by atoms with van der Waals surface area (Å²) in [6, 6.07) is 3.02. The molecule has 0 fully saturated rings. The first-order valence-electron chi connectivity index (χ1n) is 7.19. The second-order valence-corrected chi connectivity index (χ2v) is 5.84. The summed E-state index contributed by atoms with van der Waals surface area (Å²) >= 11 is 1.02. The number of rotatable bonds is 10. The van der Waals surface area contributed by atoms with E-state index in [4.69, 9.17) is 0 Å². The molecule has 116 valence electrons. The van der Waals surface area contributed by atoms with Gasteiger partial charge in [-0.3, -0.25) is 14.9 Å². The molecule has 0 aliphatic carbocycles. The van der Waals surface area contributed by atoms with Gasteiger partial charge in [0.25, 0.3) is 0 Å². The Morgan fingerprint density at radius 3 is 2.71 bits per heavy atom. The van der Waals surface area contributed by atoms with Crippen molar-refractivity contribution in [2.75, 3.05) is 0 Å². The van der Waals surface area contributed by atoms with E-state index in [9.17, 15) is 14.9 Å². The number of nitrogens with one attached hydrogen (secondary N) is 1. The highest BCUT2D eigenvalue weighted by Gasteiger charge is 2.08. The fourth-order valence-corrected chi connectivity index (χ4v) is 2.49. The van der Waals surface area contributed by atoms with Crippen LogP contribution in [0.4, 0.5) is 5.00 Å². The maximum absolute atomic E-state index is 11.5. The molecule has 0 spiro atoms. The van der Waals surface area contributed by atoms with E-state index in [1.807, 2.05) is 0 Å². The lowest BCUT2D eigenvalue weighted by molar-refractivity contribution is -0.380. The lowest BCUT2D eigenvalue weighted by Gasteiger charge is -2.00. The normalized spacial score (nSPS) is 10.9. The van der Waals surface area contributed by atoms with Gasteiger partial charge in [0.05, 0.1) is 16.0 Å². The lowest BCUT2D eigenvalue weighted by atomic mass is 10.1. The summed E-state index contributed by atoms with van der Waals surface area (Å²) < 4.78 is 0. The maximum Gasteiger partial charge on any atom is 0.324 e. The number of amides is 1. The van der Waals surface area contributed by atoms with Gasteiger partial charge in [-0.05, 0) is 12.5 Å². The molecule has 1 N–H and O–H groups in total. The van der Waals surface area contributed by atoms with Gasteiger partial charge in [-0.15, -0.1) is 0 Å². The van der Waals surface area contributed by atoms with Crippen LogP contribution in [0.2, 0.25) is 0 Å². The van der Waals surface area contributed by atoms with Crippen molar-refractivity contribution in [2.24, 2.45) is 5.10 Å². The minimum atomic E-state index is -0.445. The number of carbonyl (C=O) groups excluding carboxylic acids is 1. The Bertz CT molecular complexity index is 486. The second-order valence-electron chi connectivity index (χ2n) is 4.74. The first kappa shape index (κ1) is 17.3. The Morgan fingerprint density at radius 1 is 1.33 bits per heavy atom. The van der Waals surface area contributed by atoms with Gasteiger partial charge in [-0.2, -0.15) is 5.10 Å². The zero-order chi connectivity index (χ0) is 15.5. The molecule has 6 nitrogen and oxygen atoms in total. The van der Waals surface area contributed by atoms with Crippen LogP contribution in [0.3, 0.4) is 0 Å². The molecule has 7 heteroatoms. The molecule has 0 radical (unpaired) electrons. The molecule has 0 aliphatic rings. The molecule has 1 amide bonds. The quantitative estimate of drug-likeness (QED) is 0.308. The second kappa shape index (κ2) is 10.0. The summed E-state index contributed by atoms with van der Waals surface area (Å²) in [4.78, 5) is 22.2. The van der Waals surface area contributed by atoms with Crippen LogP contribution in [-0.4, -0.2) is 17.0 Å². The molecule has 0 aliphatic heterocycles. The zero-order valence-corrected chi connectivity index (χ0v) is 13.0. The van der Waals surface area contributed by atoms with Crippen LogP contribution in [0.25, 0.3) is 0 Å². The largest absolute Gasteiger partial charge is 0.324 e. The molecule has 0 aromatic carbocycles. The van der Waals surface area contributed by atoms with Crippen LogP contribution < -0.4 is 5.43 Å². The van der Waals surface area contributed by atoms with Crippen LogP contribution in [0.1, 0.15) is 56.7 Å². The van der Waals surface area contributed by atoms with Gasteiger partial charge in [0.15, 0.2) is 0 Å². The highest BCUT2D eigenvalue weighted by molar-refractivity contribution is 7.16. The number of nitro groups is 1. The van der Waals surface area contributed by atoms with Gasteiger partial charge >= 0.3 is 5.00 Å². The van der Waals surface area contributed by atoms with Gasteiger partial charge in [0.1, 0.15) is 0 Å². The third kappa shape index (κ3) is 7.55. The van der Waals surface area contributed by atoms with Crippen molar-refractivity contribution in [2.45, 2.75) is 51.9 Å². The van der Waals surface area contributed by atoms with Crippen LogP contribution >= 0.6 is 11.3 Å².